The molecule has 0 heterocycles. The van der Waals surface area contributed by atoms with E-state index in [1.807, 2.05) is 0 Å². The Morgan fingerprint density at radius 1 is 1.47 bits per heavy atom. The third-order valence-corrected chi connectivity index (χ3v) is 1.97. The molecule has 5 heteroatoms. The topological polar surface area (TPSA) is 52.3 Å². The number of aryl methyl sites for hydroxylation is 1. The van der Waals surface area contributed by atoms with E-state index in [9.17, 15) is 13.6 Å². The number of hydrogen-bond acceptors (Lipinski definition) is 3. The summed E-state index contributed by atoms with van der Waals surface area (Å²) in [4.78, 5) is 11.1. The molecule has 82 valence electrons. The van der Waals surface area contributed by atoms with Crippen molar-refractivity contribution in [2.75, 3.05) is 5.73 Å². The number of rotatable bonds is 3. The van der Waals surface area contributed by atoms with Gasteiger partial charge in [-0.1, -0.05) is 0 Å². The molecule has 0 saturated carbocycles. The predicted octanol–water partition coefficient (Wildman–Crippen LogP) is 2.38. The molecule has 0 unspecified atom stereocenters. The number of nitrogens with two attached hydrogens (primary N) is 1. The summed E-state index contributed by atoms with van der Waals surface area (Å²) in [7, 11) is 0. The Morgan fingerprint density at radius 3 is 2.53 bits per heavy atom. The first-order chi connectivity index (χ1) is 6.91. The van der Waals surface area contributed by atoms with Gasteiger partial charge in [-0.3, -0.25) is 4.79 Å². The van der Waals surface area contributed by atoms with Gasteiger partial charge in [0.25, 0.3) is 0 Å². The van der Waals surface area contributed by atoms with Crippen LogP contribution in [0.5, 0.6) is 5.75 Å². The quantitative estimate of drug-likeness (QED) is 0.622. The molecule has 0 fully saturated rings. The molecule has 0 aliphatic rings. The van der Waals surface area contributed by atoms with Gasteiger partial charge in [-0.05, 0) is 31.5 Å². The van der Waals surface area contributed by atoms with Gasteiger partial charge >= 0.3 is 6.61 Å². The summed E-state index contributed by atoms with van der Waals surface area (Å²) in [6.07, 6.45) is 0. The largest absolute Gasteiger partial charge is 0.433 e. The molecular weight excluding hydrogens is 204 g/mol. The number of nitrogen functional groups attached to an aromatic ring is 1. The Balaban J connectivity index is 3.19. The third kappa shape index (κ3) is 2.65. The molecule has 1 rings (SSSR count). The molecule has 0 saturated heterocycles. The summed E-state index contributed by atoms with van der Waals surface area (Å²) in [5.41, 5.74) is 6.50. The zero-order chi connectivity index (χ0) is 11.6. The number of ketones is 1. The number of anilines is 1. The second-order valence-electron chi connectivity index (χ2n) is 3.14. The van der Waals surface area contributed by atoms with Gasteiger partial charge in [0.2, 0.25) is 0 Å². The van der Waals surface area contributed by atoms with Crippen LogP contribution in [0.15, 0.2) is 12.1 Å². The summed E-state index contributed by atoms with van der Waals surface area (Å²) < 4.78 is 28.2. The minimum Gasteiger partial charge on any atom is -0.433 e. The van der Waals surface area contributed by atoms with Crippen LogP contribution in [0.4, 0.5) is 14.5 Å². The van der Waals surface area contributed by atoms with E-state index < -0.39 is 6.61 Å². The fraction of sp³-hybridized carbons (Fsp3) is 0.300. The number of carbonyl (C=O) groups excluding carboxylic acids is 1. The predicted molar refractivity (Wildman–Crippen MR) is 52.2 cm³/mol. The van der Waals surface area contributed by atoms with Crippen molar-refractivity contribution in [2.45, 2.75) is 20.5 Å². The Labute approximate surface area is 85.8 Å². The van der Waals surface area contributed by atoms with E-state index in [0.29, 0.717) is 11.1 Å². The average molecular weight is 215 g/mol. The van der Waals surface area contributed by atoms with E-state index in [0.717, 1.165) is 0 Å². The van der Waals surface area contributed by atoms with Gasteiger partial charge in [-0.2, -0.15) is 8.78 Å². The lowest BCUT2D eigenvalue weighted by molar-refractivity contribution is -0.0493. The normalized spacial score (nSPS) is 10.5. The van der Waals surface area contributed by atoms with Gasteiger partial charge in [0.05, 0.1) is 5.69 Å². The number of carbonyl (C=O) groups is 1. The third-order valence-electron chi connectivity index (χ3n) is 1.97. The molecule has 3 nitrogen and oxygen atoms in total. The number of hydrogen-bond donors (Lipinski definition) is 1. The number of halogens is 2. The lowest BCUT2D eigenvalue weighted by Crippen LogP contribution is -2.07. The van der Waals surface area contributed by atoms with Gasteiger partial charge < -0.3 is 10.5 Å². The van der Waals surface area contributed by atoms with E-state index in [-0.39, 0.29) is 17.2 Å². The van der Waals surface area contributed by atoms with Crippen LogP contribution in [-0.2, 0) is 0 Å². The minimum atomic E-state index is -2.95. The van der Waals surface area contributed by atoms with Crippen molar-refractivity contribution in [3.8, 4) is 5.75 Å². The van der Waals surface area contributed by atoms with Gasteiger partial charge in [0.1, 0.15) is 5.75 Å². The first-order valence-corrected chi connectivity index (χ1v) is 4.27. The molecule has 0 amide bonds. The zero-order valence-corrected chi connectivity index (χ0v) is 8.38. The summed E-state index contributed by atoms with van der Waals surface area (Å²) in [5.74, 6) is -0.382. The molecule has 1 aromatic carbocycles. The molecule has 0 aliphatic heterocycles. The highest BCUT2D eigenvalue weighted by atomic mass is 19.3. The van der Waals surface area contributed by atoms with Crippen molar-refractivity contribution in [3.63, 3.8) is 0 Å². The summed E-state index contributed by atoms with van der Waals surface area (Å²) >= 11 is 0. The standard InChI is InChI=1S/C10H11F2NO2/c1-5-3-7(6(2)14)4-8(9(5)13)15-10(11)12/h3-4,10H,13H2,1-2H3. The number of alkyl halides is 2. The summed E-state index contributed by atoms with van der Waals surface area (Å²) in [6.45, 7) is 0.0194. The fourth-order valence-corrected chi connectivity index (χ4v) is 1.16. The van der Waals surface area contributed by atoms with Crippen molar-refractivity contribution in [1.82, 2.24) is 0 Å². The number of ether oxygens (including phenoxy) is 1. The Morgan fingerprint density at radius 2 is 2.07 bits per heavy atom. The zero-order valence-electron chi connectivity index (χ0n) is 8.38. The highest BCUT2D eigenvalue weighted by Gasteiger charge is 2.12. The van der Waals surface area contributed by atoms with Crippen molar-refractivity contribution in [3.05, 3.63) is 23.3 Å². The summed E-state index contributed by atoms with van der Waals surface area (Å²) in [6, 6.07) is 2.76. The van der Waals surface area contributed by atoms with Crippen molar-refractivity contribution in [2.24, 2.45) is 0 Å². The molecule has 0 aliphatic carbocycles. The van der Waals surface area contributed by atoms with Crippen LogP contribution in [0, 0.1) is 6.92 Å². The van der Waals surface area contributed by atoms with Crippen molar-refractivity contribution in [1.29, 1.82) is 0 Å². The number of benzene rings is 1. The maximum Gasteiger partial charge on any atom is 0.387 e. The maximum atomic E-state index is 12.0. The van der Waals surface area contributed by atoms with E-state index in [1.54, 1.807) is 6.92 Å². The fourth-order valence-electron chi connectivity index (χ4n) is 1.16. The van der Waals surface area contributed by atoms with Crippen LogP contribution >= 0.6 is 0 Å². The van der Waals surface area contributed by atoms with Crippen LogP contribution in [0.1, 0.15) is 22.8 Å². The van der Waals surface area contributed by atoms with E-state index in [1.165, 1.54) is 19.1 Å². The monoisotopic (exact) mass is 215 g/mol. The van der Waals surface area contributed by atoms with E-state index in [2.05, 4.69) is 4.74 Å². The molecule has 2 N–H and O–H groups in total. The van der Waals surface area contributed by atoms with Crippen molar-refractivity contribution < 1.29 is 18.3 Å². The second kappa shape index (κ2) is 4.25. The molecule has 0 bridgehead atoms. The van der Waals surface area contributed by atoms with Gasteiger partial charge in [-0.15, -0.1) is 0 Å². The molecular formula is C10H11F2NO2. The minimum absolute atomic E-state index is 0.125. The summed E-state index contributed by atoms with van der Waals surface area (Å²) in [5, 5.41) is 0. The van der Waals surface area contributed by atoms with Crippen LogP contribution in [0.2, 0.25) is 0 Å². The lowest BCUT2D eigenvalue weighted by atomic mass is 10.1. The SMILES string of the molecule is CC(=O)c1cc(C)c(N)c(OC(F)F)c1. The Bertz CT molecular complexity index is 391. The molecule has 0 spiro atoms. The molecule has 0 atom stereocenters. The smallest absolute Gasteiger partial charge is 0.387 e. The molecule has 0 radical (unpaired) electrons. The lowest BCUT2D eigenvalue weighted by Gasteiger charge is -2.11. The second-order valence-corrected chi connectivity index (χ2v) is 3.14. The van der Waals surface area contributed by atoms with Gasteiger partial charge in [0, 0.05) is 5.56 Å². The van der Waals surface area contributed by atoms with Crippen molar-refractivity contribution >= 4 is 11.5 Å². The van der Waals surface area contributed by atoms with Gasteiger partial charge in [-0.25, -0.2) is 0 Å². The first-order valence-electron chi connectivity index (χ1n) is 4.27. The van der Waals surface area contributed by atoms with Crippen LogP contribution in [0.25, 0.3) is 0 Å². The Kier molecular flexibility index (Phi) is 3.24. The highest BCUT2D eigenvalue weighted by Crippen LogP contribution is 2.28. The average Bonchev–Trinajstić information content (AvgIpc) is 2.11. The Hall–Kier alpha value is -1.65. The molecule has 0 aromatic heterocycles. The number of Topliss-reactive ketones (excluding diaryl/α,β-unsaturated/α-hetero) is 1. The molecule has 1 aromatic rings. The van der Waals surface area contributed by atoms with Crippen LogP contribution < -0.4 is 10.5 Å². The van der Waals surface area contributed by atoms with Crippen LogP contribution in [0.3, 0.4) is 0 Å². The van der Waals surface area contributed by atoms with E-state index >= 15 is 0 Å². The maximum absolute atomic E-state index is 12.0. The first kappa shape index (κ1) is 11.4. The molecule has 15 heavy (non-hydrogen) atoms. The van der Waals surface area contributed by atoms with E-state index in [4.69, 9.17) is 5.73 Å². The van der Waals surface area contributed by atoms with Crippen LogP contribution in [-0.4, -0.2) is 12.4 Å². The van der Waals surface area contributed by atoms with Gasteiger partial charge in [0.15, 0.2) is 5.78 Å². The highest BCUT2D eigenvalue weighted by molar-refractivity contribution is 5.95.